The fraction of sp³-hybridized carbons (Fsp3) is 0.100. The first-order valence-electron chi connectivity index (χ1n) is 8.65. The monoisotopic (exact) mass is 430 g/mol. The van der Waals surface area contributed by atoms with Crippen LogP contribution in [0, 0.1) is 10.1 Å². The lowest BCUT2D eigenvalue weighted by atomic mass is 9.92. The highest BCUT2D eigenvalue weighted by Gasteiger charge is 2.28. The van der Waals surface area contributed by atoms with Crippen LogP contribution in [0.2, 0.25) is 0 Å². The van der Waals surface area contributed by atoms with E-state index in [1.54, 1.807) is 0 Å². The summed E-state index contributed by atoms with van der Waals surface area (Å²) in [7, 11) is -4.80. The van der Waals surface area contributed by atoms with Gasteiger partial charge in [0.1, 0.15) is 0 Å². The number of thiophene rings is 1. The number of aromatic amines is 1. The number of rotatable bonds is 6. The second-order valence-electron chi connectivity index (χ2n) is 6.50. The molecular weight excluding hydrogens is 415 g/mol. The van der Waals surface area contributed by atoms with Gasteiger partial charge in [0.05, 0.1) is 16.5 Å². The summed E-state index contributed by atoms with van der Waals surface area (Å²) in [5.41, 5.74) is 2.84. The Balaban J connectivity index is 1.94. The second-order valence-corrected chi connectivity index (χ2v) is 8.83. The molecule has 2 heterocycles. The van der Waals surface area contributed by atoms with E-state index in [4.69, 9.17) is 0 Å². The molecule has 0 aliphatic carbocycles. The third-order valence-electron chi connectivity index (χ3n) is 4.74. The molecule has 1 unspecified atom stereocenters. The molecule has 0 radical (unpaired) electrons. The van der Waals surface area contributed by atoms with Gasteiger partial charge in [-0.15, -0.1) is 15.2 Å². The van der Waals surface area contributed by atoms with Crippen LogP contribution in [0.3, 0.4) is 0 Å². The lowest BCUT2D eigenvalue weighted by Gasteiger charge is -2.14. The number of hydrogen-bond acceptors (Lipinski definition) is 5. The number of fused-ring (bicyclic) bond motifs is 1. The van der Waals surface area contributed by atoms with Crippen LogP contribution in [0.4, 0.5) is 3.89 Å². The van der Waals surface area contributed by atoms with Crippen molar-refractivity contribution in [3.8, 4) is 11.3 Å². The molecule has 0 saturated heterocycles. The van der Waals surface area contributed by atoms with Gasteiger partial charge in [0.25, 0.3) is 0 Å². The highest BCUT2D eigenvalue weighted by molar-refractivity contribution is 7.86. The molecule has 0 spiro atoms. The number of H-pyrrole nitrogens is 1. The van der Waals surface area contributed by atoms with Gasteiger partial charge < -0.3 is 4.98 Å². The van der Waals surface area contributed by atoms with Gasteiger partial charge in [-0.25, -0.2) is 0 Å². The van der Waals surface area contributed by atoms with Gasteiger partial charge in [-0.2, -0.15) is 8.42 Å². The molecular formula is C20H15FN2O4S2. The smallest absolute Gasteiger partial charge is 0.332 e. The van der Waals surface area contributed by atoms with Gasteiger partial charge in [-0.1, -0.05) is 36.4 Å². The predicted molar refractivity (Wildman–Crippen MR) is 110 cm³/mol. The maximum atomic E-state index is 13.3. The van der Waals surface area contributed by atoms with Gasteiger partial charge in [0, 0.05) is 26.3 Å². The van der Waals surface area contributed by atoms with Crippen LogP contribution in [0.15, 0.2) is 70.9 Å². The van der Waals surface area contributed by atoms with Crippen molar-refractivity contribution in [3.05, 3.63) is 86.6 Å². The Labute approximate surface area is 170 Å². The molecule has 4 aromatic rings. The molecule has 9 heteroatoms. The van der Waals surface area contributed by atoms with E-state index in [2.05, 4.69) is 4.98 Å². The summed E-state index contributed by atoms with van der Waals surface area (Å²) in [6, 6.07) is 16.6. The largest absolute Gasteiger partial charge is 0.354 e. The molecule has 2 aromatic carbocycles. The lowest BCUT2D eigenvalue weighted by molar-refractivity contribution is -0.481. The molecule has 0 saturated carbocycles. The number of halogens is 1. The van der Waals surface area contributed by atoms with Crippen molar-refractivity contribution in [3.63, 3.8) is 0 Å². The van der Waals surface area contributed by atoms with Crippen molar-refractivity contribution in [1.82, 2.24) is 4.98 Å². The van der Waals surface area contributed by atoms with Crippen LogP contribution >= 0.6 is 11.3 Å². The molecule has 2 aromatic heterocycles. The third kappa shape index (κ3) is 3.79. The summed E-state index contributed by atoms with van der Waals surface area (Å²) in [6.07, 6.45) is 0. The molecule has 29 heavy (non-hydrogen) atoms. The molecule has 0 fully saturated rings. The van der Waals surface area contributed by atoms with Crippen LogP contribution < -0.4 is 0 Å². The Morgan fingerprint density at radius 1 is 1.07 bits per heavy atom. The summed E-state index contributed by atoms with van der Waals surface area (Å²) < 4.78 is 35.5. The van der Waals surface area contributed by atoms with E-state index in [0.29, 0.717) is 11.3 Å². The Morgan fingerprint density at radius 3 is 2.41 bits per heavy atom. The normalized spacial score (nSPS) is 12.9. The van der Waals surface area contributed by atoms with Gasteiger partial charge in [-0.3, -0.25) is 10.1 Å². The van der Waals surface area contributed by atoms with Crippen LogP contribution in [-0.4, -0.2) is 24.9 Å². The Morgan fingerprint density at radius 2 is 1.79 bits per heavy atom. The minimum atomic E-state index is -4.80. The average molecular weight is 430 g/mol. The second kappa shape index (κ2) is 7.41. The highest BCUT2D eigenvalue weighted by Crippen LogP contribution is 2.40. The van der Waals surface area contributed by atoms with Crippen LogP contribution in [0.1, 0.15) is 16.4 Å². The summed E-state index contributed by atoms with van der Waals surface area (Å²) in [4.78, 5) is 14.8. The summed E-state index contributed by atoms with van der Waals surface area (Å²) in [5, 5.41) is 14.2. The van der Waals surface area contributed by atoms with E-state index >= 15 is 0 Å². The van der Waals surface area contributed by atoms with Crippen LogP contribution in [0.25, 0.3) is 22.2 Å². The van der Waals surface area contributed by atoms with Crippen molar-refractivity contribution < 1.29 is 17.2 Å². The lowest BCUT2D eigenvalue weighted by Crippen LogP contribution is -2.13. The topological polar surface area (TPSA) is 93.1 Å². The van der Waals surface area contributed by atoms with Crippen molar-refractivity contribution in [2.75, 3.05) is 6.54 Å². The summed E-state index contributed by atoms with van der Waals surface area (Å²) in [6.45, 7) is -0.285. The maximum Gasteiger partial charge on any atom is 0.332 e. The predicted octanol–water partition coefficient (Wildman–Crippen LogP) is 4.96. The van der Waals surface area contributed by atoms with Crippen molar-refractivity contribution in [2.24, 2.45) is 0 Å². The van der Waals surface area contributed by atoms with E-state index in [9.17, 15) is 22.4 Å². The molecule has 6 nitrogen and oxygen atoms in total. The van der Waals surface area contributed by atoms with E-state index < -0.39 is 21.0 Å². The van der Waals surface area contributed by atoms with Crippen LogP contribution in [0.5, 0.6) is 0 Å². The first-order valence-corrected chi connectivity index (χ1v) is 10.9. The number of nitro groups is 1. The quantitative estimate of drug-likeness (QED) is 0.266. The van der Waals surface area contributed by atoms with Gasteiger partial charge in [0.2, 0.25) is 6.54 Å². The van der Waals surface area contributed by atoms with E-state index in [1.165, 1.54) is 35.6 Å². The minimum absolute atomic E-state index is 0.285. The standard InChI is InChI=1S/C20H15FN2O4S2/c21-29(26,27)14-9-7-13(8-10-14)20-19(15-4-1-2-5-17(15)22-20)16(12-23(24)25)18-6-3-11-28-18/h1-11,16,22H,12H2. The molecule has 0 aliphatic heterocycles. The Kier molecular flexibility index (Phi) is 4.93. The molecule has 148 valence electrons. The summed E-state index contributed by atoms with van der Waals surface area (Å²) >= 11 is 1.44. The fourth-order valence-corrected chi connectivity index (χ4v) is 4.79. The Bertz CT molecular complexity index is 1280. The SMILES string of the molecule is O=[N+]([O-])CC(c1cccs1)c1c(-c2ccc(S(=O)(=O)F)cc2)[nH]c2ccccc12. The van der Waals surface area contributed by atoms with Gasteiger partial charge >= 0.3 is 10.2 Å². The summed E-state index contributed by atoms with van der Waals surface area (Å²) in [5.74, 6) is -0.485. The first-order chi connectivity index (χ1) is 13.8. The number of nitrogens with one attached hydrogen (secondary N) is 1. The molecule has 0 amide bonds. The van der Waals surface area contributed by atoms with Crippen molar-refractivity contribution in [1.29, 1.82) is 0 Å². The van der Waals surface area contributed by atoms with E-state index in [0.717, 1.165) is 21.3 Å². The number of aromatic nitrogens is 1. The minimum Gasteiger partial charge on any atom is -0.354 e. The van der Waals surface area contributed by atoms with Crippen molar-refractivity contribution >= 4 is 32.5 Å². The molecule has 1 atom stereocenters. The third-order valence-corrected chi connectivity index (χ3v) is 6.56. The molecule has 4 rings (SSSR count). The van der Waals surface area contributed by atoms with E-state index in [1.807, 2.05) is 41.8 Å². The number of para-hydroxylation sites is 1. The zero-order valence-corrected chi connectivity index (χ0v) is 16.5. The van der Waals surface area contributed by atoms with Gasteiger partial charge in [0.15, 0.2) is 0 Å². The van der Waals surface area contributed by atoms with Gasteiger partial charge in [-0.05, 0) is 35.2 Å². The number of benzene rings is 2. The average Bonchev–Trinajstić information content (AvgIpc) is 3.33. The molecule has 0 aliphatic rings. The van der Waals surface area contributed by atoms with Crippen LogP contribution in [-0.2, 0) is 10.2 Å². The Hall–Kier alpha value is -3.04. The van der Waals surface area contributed by atoms with E-state index in [-0.39, 0.29) is 11.5 Å². The number of nitrogens with zero attached hydrogens (tertiary/aromatic N) is 1. The molecule has 1 N–H and O–H groups in total. The highest BCUT2D eigenvalue weighted by atomic mass is 32.3. The zero-order chi connectivity index (χ0) is 20.6. The van der Waals surface area contributed by atoms with Crippen molar-refractivity contribution in [2.45, 2.75) is 10.8 Å². The fourth-order valence-electron chi connectivity index (χ4n) is 3.50. The zero-order valence-electron chi connectivity index (χ0n) is 14.9. The maximum absolute atomic E-state index is 13.3. The first kappa shape index (κ1) is 19.3. The number of hydrogen-bond donors (Lipinski definition) is 1. The molecule has 0 bridgehead atoms.